The van der Waals surface area contributed by atoms with E-state index >= 15 is 0 Å². The van der Waals surface area contributed by atoms with Crippen molar-refractivity contribution in [1.82, 2.24) is 5.32 Å². The van der Waals surface area contributed by atoms with Crippen LogP contribution in [-0.4, -0.2) is 19.8 Å². The van der Waals surface area contributed by atoms with E-state index in [0.29, 0.717) is 10.0 Å². The monoisotopic (exact) mass is 216 g/mol. The zero-order valence-electron chi connectivity index (χ0n) is 7.06. The summed E-state index contributed by atoms with van der Waals surface area (Å²) in [6.07, 6.45) is 0. The number of nitrogens with one attached hydrogen (secondary N) is 1. The molecule has 0 unspecified atom stereocenters. The van der Waals surface area contributed by atoms with Crippen LogP contribution in [0.4, 0.5) is 5.69 Å². The third kappa shape index (κ3) is 1.75. The zero-order chi connectivity index (χ0) is 9.26. The third-order valence-corrected chi connectivity index (χ3v) is 2.94. The molecule has 1 aromatic carbocycles. The first-order valence-corrected chi connectivity index (χ1v) is 4.94. The van der Waals surface area contributed by atoms with Crippen molar-refractivity contribution in [3.8, 4) is 0 Å². The number of benzene rings is 1. The Morgan fingerprint density at radius 1 is 1.31 bits per heavy atom. The quantitative estimate of drug-likeness (QED) is 0.776. The molecule has 13 heavy (non-hydrogen) atoms. The predicted octanol–water partition coefficient (Wildman–Crippen LogP) is 2.36. The van der Waals surface area contributed by atoms with E-state index in [9.17, 15) is 0 Å². The number of hydrogen-bond acceptors (Lipinski definition) is 2. The SMILES string of the molecule is Clc1cccc(N2CCNC2)c1Cl. The number of halogens is 2. The van der Waals surface area contributed by atoms with Crippen LogP contribution in [0.1, 0.15) is 0 Å². The number of hydrogen-bond donors (Lipinski definition) is 1. The average molecular weight is 217 g/mol. The molecule has 0 amide bonds. The summed E-state index contributed by atoms with van der Waals surface area (Å²) in [6.45, 7) is 2.84. The van der Waals surface area contributed by atoms with Crippen LogP contribution in [0.25, 0.3) is 0 Å². The molecular formula is C9H10Cl2N2. The molecule has 4 heteroatoms. The molecular weight excluding hydrogens is 207 g/mol. The topological polar surface area (TPSA) is 15.3 Å². The molecule has 0 bridgehead atoms. The Hall–Kier alpha value is -0.440. The van der Waals surface area contributed by atoms with Gasteiger partial charge in [0.25, 0.3) is 0 Å². The maximum atomic E-state index is 6.07. The van der Waals surface area contributed by atoms with Gasteiger partial charge in [-0.05, 0) is 12.1 Å². The van der Waals surface area contributed by atoms with Crippen LogP contribution in [0.5, 0.6) is 0 Å². The average Bonchev–Trinajstić information content (AvgIpc) is 2.62. The zero-order valence-corrected chi connectivity index (χ0v) is 8.57. The lowest BCUT2D eigenvalue weighted by molar-refractivity contribution is 0.855. The van der Waals surface area contributed by atoms with Crippen molar-refractivity contribution >= 4 is 28.9 Å². The fourth-order valence-corrected chi connectivity index (χ4v) is 1.86. The highest BCUT2D eigenvalue weighted by atomic mass is 35.5. The van der Waals surface area contributed by atoms with Crippen molar-refractivity contribution in [1.29, 1.82) is 0 Å². The number of rotatable bonds is 1. The van der Waals surface area contributed by atoms with Gasteiger partial charge in [-0.25, -0.2) is 0 Å². The second-order valence-electron chi connectivity index (χ2n) is 2.99. The molecule has 2 nitrogen and oxygen atoms in total. The van der Waals surface area contributed by atoms with Crippen LogP contribution in [0.2, 0.25) is 10.0 Å². The molecule has 1 aromatic rings. The Morgan fingerprint density at radius 2 is 2.15 bits per heavy atom. The van der Waals surface area contributed by atoms with Crippen LogP contribution >= 0.6 is 23.2 Å². The van der Waals surface area contributed by atoms with Gasteiger partial charge in [0.15, 0.2) is 0 Å². The first-order chi connectivity index (χ1) is 6.29. The Labute approximate surface area is 87.4 Å². The van der Waals surface area contributed by atoms with Crippen molar-refractivity contribution in [2.75, 3.05) is 24.7 Å². The molecule has 1 aliphatic heterocycles. The van der Waals surface area contributed by atoms with Gasteiger partial charge in [-0.2, -0.15) is 0 Å². The van der Waals surface area contributed by atoms with Gasteiger partial charge in [-0.1, -0.05) is 29.3 Å². The lowest BCUT2D eigenvalue weighted by atomic mass is 10.3. The molecule has 1 heterocycles. The normalized spacial score (nSPS) is 16.6. The van der Waals surface area contributed by atoms with Crippen molar-refractivity contribution < 1.29 is 0 Å². The van der Waals surface area contributed by atoms with E-state index in [1.807, 2.05) is 12.1 Å². The number of anilines is 1. The molecule has 0 atom stereocenters. The van der Waals surface area contributed by atoms with Crippen LogP contribution in [-0.2, 0) is 0 Å². The van der Waals surface area contributed by atoms with Gasteiger partial charge in [0.2, 0.25) is 0 Å². The minimum atomic E-state index is 0.617. The van der Waals surface area contributed by atoms with E-state index in [1.54, 1.807) is 6.07 Å². The van der Waals surface area contributed by atoms with E-state index in [0.717, 1.165) is 25.4 Å². The third-order valence-electron chi connectivity index (χ3n) is 2.13. The van der Waals surface area contributed by atoms with Crippen LogP contribution in [0, 0.1) is 0 Å². The summed E-state index contributed by atoms with van der Waals surface area (Å²) in [4.78, 5) is 2.17. The van der Waals surface area contributed by atoms with E-state index in [-0.39, 0.29) is 0 Å². The van der Waals surface area contributed by atoms with Gasteiger partial charge >= 0.3 is 0 Å². The highest BCUT2D eigenvalue weighted by Crippen LogP contribution is 2.32. The highest BCUT2D eigenvalue weighted by molar-refractivity contribution is 6.43. The summed E-state index contributed by atoms with van der Waals surface area (Å²) >= 11 is 12.0. The standard InChI is InChI=1S/C9H10Cl2N2/c10-7-2-1-3-8(9(7)11)13-5-4-12-6-13/h1-3,12H,4-6H2. The van der Waals surface area contributed by atoms with Gasteiger partial charge in [-0.15, -0.1) is 0 Å². The molecule has 0 saturated carbocycles. The Balaban J connectivity index is 2.33. The first-order valence-electron chi connectivity index (χ1n) is 4.19. The summed E-state index contributed by atoms with van der Waals surface area (Å²) in [5, 5.41) is 4.50. The summed E-state index contributed by atoms with van der Waals surface area (Å²) in [6, 6.07) is 5.71. The highest BCUT2D eigenvalue weighted by Gasteiger charge is 2.15. The summed E-state index contributed by atoms with van der Waals surface area (Å²) in [5.74, 6) is 0. The number of nitrogens with zero attached hydrogens (tertiary/aromatic N) is 1. The molecule has 0 spiro atoms. The predicted molar refractivity (Wildman–Crippen MR) is 56.7 cm³/mol. The van der Waals surface area contributed by atoms with E-state index in [4.69, 9.17) is 23.2 Å². The van der Waals surface area contributed by atoms with E-state index < -0.39 is 0 Å². The fraction of sp³-hybridized carbons (Fsp3) is 0.333. The molecule has 70 valence electrons. The minimum Gasteiger partial charge on any atom is -0.356 e. The van der Waals surface area contributed by atoms with Crippen molar-refractivity contribution in [3.05, 3.63) is 28.2 Å². The minimum absolute atomic E-state index is 0.617. The van der Waals surface area contributed by atoms with Crippen molar-refractivity contribution in [2.24, 2.45) is 0 Å². The van der Waals surface area contributed by atoms with E-state index in [2.05, 4.69) is 10.2 Å². The largest absolute Gasteiger partial charge is 0.356 e. The second kappa shape index (κ2) is 3.74. The molecule has 1 fully saturated rings. The summed E-state index contributed by atoms with van der Waals surface area (Å²) < 4.78 is 0. The maximum absolute atomic E-state index is 6.07. The molecule has 2 rings (SSSR count). The Kier molecular flexibility index (Phi) is 2.63. The maximum Gasteiger partial charge on any atom is 0.0826 e. The van der Waals surface area contributed by atoms with Gasteiger partial charge < -0.3 is 4.90 Å². The van der Waals surface area contributed by atoms with Crippen molar-refractivity contribution in [2.45, 2.75) is 0 Å². The molecule has 0 radical (unpaired) electrons. The van der Waals surface area contributed by atoms with Gasteiger partial charge in [0.1, 0.15) is 0 Å². The molecule has 1 aliphatic rings. The lowest BCUT2D eigenvalue weighted by Crippen LogP contribution is -2.21. The summed E-state index contributed by atoms with van der Waals surface area (Å²) in [5.41, 5.74) is 1.01. The lowest BCUT2D eigenvalue weighted by Gasteiger charge is -2.18. The van der Waals surface area contributed by atoms with Gasteiger partial charge in [-0.3, -0.25) is 5.32 Å². The Morgan fingerprint density at radius 3 is 2.85 bits per heavy atom. The van der Waals surface area contributed by atoms with Crippen LogP contribution in [0.15, 0.2) is 18.2 Å². The first kappa shape index (κ1) is 9.13. The molecule has 1 saturated heterocycles. The summed E-state index contributed by atoms with van der Waals surface area (Å²) in [7, 11) is 0. The van der Waals surface area contributed by atoms with Gasteiger partial charge in [0.05, 0.1) is 22.4 Å². The van der Waals surface area contributed by atoms with E-state index in [1.165, 1.54) is 0 Å². The molecule has 0 aromatic heterocycles. The molecule has 0 aliphatic carbocycles. The van der Waals surface area contributed by atoms with Gasteiger partial charge in [0, 0.05) is 13.1 Å². The smallest absolute Gasteiger partial charge is 0.0826 e. The van der Waals surface area contributed by atoms with Crippen LogP contribution < -0.4 is 10.2 Å². The molecule has 1 N–H and O–H groups in total. The second-order valence-corrected chi connectivity index (χ2v) is 3.78. The Bertz CT molecular complexity index is 308. The van der Waals surface area contributed by atoms with Crippen LogP contribution in [0.3, 0.4) is 0 Å². The van der Waals surface area contributed by atoms with Crippen molar-refractivity contribution in [3.63, 3.8) is 0 Å². The fourth-order valence-electron chi connectivity index (χ4n) is 1.45.